The highest BCUT2D eigenvalue weighted by Crippen LogP contribution is 2.29. The van der Waals surface area contributed by atoms with Gasteiger partial charge in [-0.05, 0) is 56.0 Å². The van der Waals surface area contributed by atoms with E-state index in [1.165, 1.54) is 12.1 Å². The lowest BCUT2D eigenvalue weighted by atomic mass is 9.88. The standard InChI is InChI=1S/C14H19F3N2/c15-14(16,17)12-5-3-10(4-6-12)8-13(18)11-2-1-7-19-9-11/h3-6,11,13,19H,1-2,7-9,18H2. The second-order valence-electron chi connectivity index (χ2n) is 5.17. The maximum absolute atomic E-state index is 12.4. The molecule has 0 spiro atoms. The van der Waals surface area contributed by atoms with Gasteiger partial charge in [0.25, 0.3) is 0 Å². The van der Waals surface area contributed by atoms with E-state index in [0.717, 1.165) is 43.6 Å². The van der Waals surface area contributed by atoms with E-state index in [0.29, 0.717) is 12.3 Å². The van der Waals surface area contributed by atoms with Crippen molar-refractivity contribution in [1.29, 1.82) is 0 Å². The van der Waals surface area contributed by atoms with Crippen LogP contribution in [0.15, 0.2) is 24.3 Å². The molecule has 1 saturated heterocycles. The van der Waals surface area contributed by atoms with Crippen molar-refractivity contribution in [2.75, 3.05) is 13.1 Å². The third-order valence-electron chi connectivity index (χ3n) is 3.69. The fraction of sp³-hybridized carbons (Fsp3) is 0.571. The first-order valence-electron chi connectivity index (χ1n) is 6.59. The summed E-state index contributed by atoms with van der Waals surface area (Å²) < 4.78 is 37.3. The van der Waals surface area contributed by atoms with Crippen molar-refractivity contribution in [3.63, 3.8) is 0 Å². The molecule has 1 aliphatic heterocycles. The third kappa shape index (κ3) is 3.94. The number of hydrogen-bond donors (Lipinski definition) is 2. The van der Waals surface area contributed by atoms with Crippen molar-refractivity contribution in [3.05, 3.63) is 35.4 Å². The van der Waals surface area contributed by atoms with E-state index in [2.05, 4.69) is 5.32 Å². The van der Waals surface area contributed by atoms with Gasteiger partial charge in [0.05, 0.1) is 5.56 Å². The molecule has 2 unspecified atom stereocenters. The fourth-order valence-corrected chi connectivity index (χ4v) is 2.51. The molecular formula is C14H19F3N2. The SMILES string of the molecule is NC(Cc1ccc(C(F)(F)F)cc1)C1CCCNC1. The molecule has 1 fully saturated rings. The van der Waals surface area contributed by atoms with Gasteiger partial charge in [0.2, 0.25) is 0 Å². The molecule has 1 aromatic rings. The summed E-state index contributed by atoms with van der Waals surface area (Å²) in [6.07, 6.45) is -1.43. The maximum atomic E-state index is 12.4. The van der Waals surface area contributed by atoms with Crippen molar-refractivity contribution >= 4 is 0 Å². The van der Waals surface area contributed by atoms with Crippen molar-refractivity contribution < 1.29 is 13.2 Å². The molecule has 106 valence electrons. The van der Waals surface area contributed by atoms with E-state index in [1.807, 2.05) is 0 Å². The van der Waals surface area contributed by atoms with E-state index in [9.17, 15) is 13.2 Å². The molecule has 1 aromatic carbocycles. The maximum Gasteiger partial charge on any atom is 0.416 e. The van der Waals surface area contributed by atoms with Crippen LogP contribution >= 0.6 is 0 Å². The Hall–Kier alpha value is -1.07. The molecule has 2 atom stereocenters. The Balaban J connectivity index is 1.95. The van der Waals surface area contributed by atoms with E-state index >= 15 is 0 Å². The second kappa shape index (κ2) is 5.92. The molecule has 0 bridgehead atoms. The van der Waals surface area contributed by atoms with Crippen LogP contribution in [0.3, 0.4) is 0 Å². The minimum absolute atomic E-state index is 0.00420. The molecule has 5 heteroatoms. The summed E-state index contributed by atoms with van der Waals surface area (Å²) in [6.45, 7) is 1.94. The highest BCUT2D eigenvalue weighted by Gasteiger charge is 2.30. The van der Waals surface area contributed by atoms with E-state index in [-0.39, 0.29) is 6.04 Å². The number of nitrogens with two attached hydrogens (primary N) is 1. The predicted octanol–water partition coefficient (Wildman–Crippen LogP) is 2.57. The number of rotatable bonds is 3. The lowest BCUT2D eigenvalue weighted by Gasteiger charge is -2.28. The zero-order valence-electron chi connectivity index (χ0n) is 10.7. The Labute approximate surface area is 111 Å². The molecule has 1 heterocycles. The van der Waals surface area contributed by atoms with Crippen LogP contribution in [0.1, 0.15) is 24.0 Å². The molecule has 1 aliphatic rings. The van der Waals surface area contributed by atoms with Gasteiger partial charge in [0.1, 0.15) is 0 Å². The van der Waals surface area contributed by atoms with Gasteiger partial charge >= 0.3 is 6.18 Å². The molecule has 3 N–H and O–H groups in total. The van der Waals surface area contributed by atoms with Crippen molar-refractivity contribution in [3.8, 4) is 0 Å². The Morgan fingerprint density at radius 2 is 1.95 bits per heavy atom. The largest absolute Gasteiger partial charge is 0.416 e. The van der Waals surface area contributed by atoms with Crippen LogP contribution in [0.5, 0.6) is 0 Å². The molecule has 0 aromatic heterocycles. The van der Waals surface area contributed by atoms with Crippen molar-refractivity contribution in [2.45, 2.75) is 31.5 Å². The van der Waals surface area contributed by atoms with Gasteiger partial charge in [-0.15, -0.1) is 0 Å². The zero-order valence-corrected chi connectivity index (χ0v) is 10.7. The van der Waals surface area contributed by atoms with Crippen molar-refractivity contribution in [1.82, 2.24) is 5.32 Å². The van der Waals surface area contributed by atoms with Gasteiger partial charge in [-0.25, -0.2) is 0 Å². The summed E-state index contributed by atoms with van der Waals surface area (Å²) in [5.74, 6) is 0.413. The highest BCUT2D eigenvalue weighted by atomic mass is 19.4. The summed E-state index contributed by atoms with van der Waals surface area (Å²) in [4.78, 5) is 0. The topological polar surface area (TPSA) is 38.0 Å². The first-order valence-corrected chi connectivity index (χ1v) is 6.59. The van der Waals surface area contributed by atoms with Gasteiger partial charge < -0.3 is 11.1 Å². The number of halogens is 3. The molecule has 19 heavy (non-hydrogen) atoms. The first-order chi connectivity index (χ1) is 8.97. The Morgan fingerprint density at radius 3 is 2.47 bits per heavy atom. The van der Waals surface area contributed by atoms with Crippen molar-refractivity contribution in [2.24, 2.45) is 11.7 Å². The second-order valence-corrected chi connectivity index (χ2v) is 5.17. The van der Waals surface area contributed by atoms with Gasteiger partial charge in [-0.3, -0.25) is 0 Å². The zero-order chi connectivity index (χ0) is 13.9. The summed E-state index contributed by atoms with van der Waals surface area (Å²) in [5, 5.41) is 3.30. The normalized spacial score (nSPS) is 22.2. The van der Waals surface area contributed by atoms with Crippen LogP contribution in [-0.4, -0.2) is 19.1 Å². The summed E-state index contributed by atoms with van der Waals surface area (Å²) >= 11 is 0. The number of piperidine rings is 1. The van der Waals surface area contributed by atoms with Crippen LogP contribution in [0, 0.1) is 5.92 Å². The molecule has 0 saturated carbocycles. The number of benzene rings is 1. The Bertz CT molecular complexity index is 394. The van der Waals surface area contributed by atoms with E-state index in [4.69, 9.17) is 5.73 Å². The molecule has 0 radical (unpaired) electrons. The number of alkyl halides is 3. The lowest BCUT2D eigenvalue weighted by molar-refractivity contribution is -0.137. The number of hydrogen-bond acceptors (Lipinski definition) is 2. The minimum atomic E-state index is -4.27. The monoisotopic (exact) mass is 272 g/mol. The summed E-state index contributed by atoms with van der Waals surface area (Å²) in [5.41, 5.74) is 6.40. The Morgan fingerprint density at radius 1 is 1.26 bits per heavy atom. The smallest absolute Gasteiger partial charge is 0.327 e. The number of nitrogens with one attached hydrogen (secondary N) is 1. The van der Waals surface area contributed by atoms with E-state index in [1.54, 1.807) is 0 Å². The fourth-order valence-electron chi connectivity index (χ4n) is 2.51. The molecule has 0 amide bonds. The minimum Gasteiger partial charge on any atom is -0.327 e. The van der Waals surface area contributed by atoms with Gasteiger partial charge in [-0.2, -0.15) is 13.2 Å². The van der Waals surface area contributed by atoms with Gasteiger partial charge in [0, 0.05) is 6.04 Å². The van der Waals surface area contributed by atoms with Crippen LogP contribution < -0.4 is 11.1 Å². The van der Waals surface area contributed by atoms with Gasteiger partial charge in [-0.1, -0.05) is 12.1 Å². The summed E-state index contributed by atoms with van der Waals surface area (Å²) in [6, 6.07) is 5.31. The third-order valence-corrected chi connectivity index (χ3v) is 3.69. The average Bonchev–Trinajstić information content (AvgIpc) is 2.39. The van der Waals surface area contributed by atoms with Crippen LogP contribution in [0.4, 0.5) is 13.2 Å². The first kappa shape index (κ1) is 14.3. The average molecular weight is 272 g/mol. The highest BCUT2D eigenvalue weighted by molar-refractivity contribution is 5.25. The molecular weight excluding hydrogens is 253 g/mol. The predicted molar refractivity (Wildman–Crippen MR) is 68.7 cm³/mol. The molecule has 2 nitrogen and oxygen atoms in total. The van der Waals surface area contributed by atoms with Crippen LogP contribution in [-0.2, 0) is 12.6 Å². The molecule has 0 aliphatic carbocycles. The molecule has 2 rings (SSSR count). The van der Waals surface area contributed by atoms with Crippen LogP contribution in [0.25, 0.3) is 0 Å². The Kier molecular flexibility index (Phi) is 4.47. The van der Waals surface area contributed by atoms with Gasteiger partial charge in [0.15, 0.2) is 0 Å². The lowest BCUT2D eigenvalue weighted by Crippen LogP contribution is -2.42. The van der Waals surface area contributed by atoms with E-state index < -0.39 is 11.7 Å². The quantitative estimate of drug-likeness (QED) is 0.887. The summed E-state index contributed by atoms with van der Waals surface area (Å²) in [7, 11) is 0. The van der Waals surface area contributed by atoms with Crippen LogP contribution in [0.2, 0.25) is 0 Å².